The van der Waals surface area contributed by atoms with Crippen LogP contribution in [0.25, 0.3) is 0 Å². The summed E-state index contributed by atoms with van der Waals surface area (Å²) in [6, 6.07) is 0. The Bertz CT molecular complexity index is 324. The van der Waals surface area contributed by atoms with Crippen molar-refractivity contribution in [1.82, 2.24) is 4.90 Å². The lowest BCUT2D eigenvalue weighted by Crippen LogP contribution is -2.46. The Kier molecular flexibility index (Phi) is 4.63. The van der Waals surface area contributed by atoms with Gasteiger partial charge in [0.25, 0.3) is 0 Å². The monoisotopic (exact) mass is 249 g/mol. The largest absolute Gasteiger partial charge is 0.373 e. The van der Waals surface area contributed by atoms with E-state index in [1.54, 1.807) is 5.57 Å². The minimum absolute atomic E-state index is 0.376. The second-order valence-corrected chi connectivity index (χ2v) is 6.13. The van der Waals surface area contributed by atoms with Crippen LogP contribution in [-0.2, 0) is 4.74 Å². The van der Waals surface area contributed by atoms with Crippen molar-refractivity contribution in [3.05, 3.63) is 23.8 Å². The van der Waals surface area contributed by atoms with E-state index < -0.39 is 0 Å². The Balaban J connectivity index is 1.85. The molecule has 0 aromatic heterocycles. The van der Waals surface area contributed by atoms with Crippen LogP contribution in [0.5, 0.6) is 0 Å². The van der Waals surface area contributed by atoms with Gasteiger partial charge in [0, 0.05) is 19.6 Å². The first-order valence-corrected chi connectivity index (χ1v) is 7.25. The van der Waals surface area contributed by atoms with E-state index in [0.717, 1.165) is 25.6 Å². The van der Waals surface area contributed by atoms with Crippen molar-refractivity contribution in [2.24, 2.45) is 5.92 Å². The number of ether oxygens (including phenoxy) is 1. The Morgan fingerprint density at radius 2 is 2.06 bits per heavy atom. The smallest absolute Gasteiger partial charge is 0.0678 e. The fourth-order valence-electron chi connectivity index (χ4n) is 3.18. The summed E-state index contributed by atoms with van der Waals surface area (Å²) >= 11 is 0. The summed E-state index contributed by atoms with van der Waals surface area (Å²) < 4.78 is 5.78. The van der Waals surface area contributed by atoms with Gasteiger partial charge < -0.3 is 4.74 Å². The molecule has 0 amide bonds. The van der Waals surface area contributed by atoms with Gasteiger partial charge in [0.15, 0.2) is 0 Å². The third kappa shape index (κ3) is 3.69. The molecule has 1 aliphatic carbocycles. The highest BCUT2D eigenvalue weighted by Crippen LogP contribution is 2.28. The molecule has 0 radical (unpaired) electrons. The van der Waals surface area contributed by atoms with E-state index in [1.165, 1.54) is 24.8 Å². The predicted molar refractivity (Wildman–Crippen MR) is 76.7 cm³/mol. The number of rotatable bonds is 3. The predicted octanol–water partition coefficient (Wildman–Crippen LogP) is 3.40. The molecule has 18 heavy (non-hydrogen) atoms. The van der Waals surface area contributed by atoms with Gasteiger partial charge in [-0.3, -0.25) is 4.90 Å². The lowest BCUT2D eigenvalue weighted by Gasteiger charge is -2.36. The van der Waals surface area contributed by atoms with Crippen LogP contribution >= 0.6 is 0 Å². The molecule has 0 aromatic rings. The molecule has 0 aromatic carbocycles. The van der Waals surface area contributed by atoms with Gasteiger partial charge in [0.1, 0.15) is 0 Å². The zero-order chi connectivity index (χ0) is 13.1. The minimum atomic E-state index is 0.376. The zero-order valence-corrected chi connectivity index (χ0v) is 12.1. The highest BCUT2D eigenvalue weighted by atomic mass is 16.5. The van der Waals surface area contributed by atoms with E-state index in [2.05, 4.69) is 38.3 Å². The Morgan fingerprint density at radius 3 is 2.56 bits per heavy atom. The van der Waals surface area contributed by atoms with Gasteiger partial charge in [-0.1, -0.05) is 23.8 Å². The van der Waals surface area contributed by atoms with Crippen LogP contribution in [0.15, 0.2) is 23.8 Å². The summed E-state index contributed by atoms with van der Waals surface area (Å²) in [5.74, 6) is 0.719. The van der Waals surface area contributed by atoms with Gasteiger partial charge in [-0.05, 0) is 46.0 Å². The van der Waals surface area contributed by atoms with E-state index in [9.17, 15) is 0 Å². The maximum absolute atomic E-state index is 5.78. The molecule has 102 valence electrons. The molecule has 2 nitrogen and oxygen atoms in total. The lowest BCUT2D eigenvalue weighted by atomic mass is 9.85. The topological polar surface area (TPSA) is 12.5 Å². The highest BCUT2D eigenvalue weighted by Gasteiger charge is 2.23. The maximum Gasteiger partial charge on any atom is 0.0678 e. The summed E-state index contributed by atoms with van der Waals surface area (Å²) in [6.07, 6.45) is 6.93. The van der Waals surface area contributed by atoms with Crippen molar-refractivity contribution in [3.8, 4) is 0 Å². The normalized spacial score (nSPS) is 34.2. The van der Waals surface area contributed by atoms with Crippen molar-refractivity contribution in [2.45, 2.75) is 52.2 Å². The zero-order valence-electron chi connectivity index (χ0n) is 12.1. The van der Waals surface area contributed by atoms with Crippen molar-refractivity contribution >= 4 is 0 Å². The van der Waals surface area contributed by atoms with Gasteiger partial charge in [0.2, 0.25) is 0 Å². The van der Waals surface area contributed by atoms with Crippen LogP contribution in [0.1, 0.15) is 40.0 Å². The molecule has 0 bridgehead atoms. The van der Waals surface area contributed by atoms with Crippen LogP contribution in [0.4, 0.5) is 0 Å². The van der Waals surface area contributed by atoms with Gasteiger partial charge in [-0.25, -0.2) is 0 Å². The summed E-state index contributed by atoms with van der Waals surface area (Å²) in [5.41, 5.74) is 2.97. The highest BCUT2D eigenvalue weighted by molar-refractivity contribution is 5.13. The molecule has 1 saturated heterocycles. The third-order valence-corrected chi connectivity index (χ3v) is 4.12. The summed E-state index contributed by atoms with van der Waals surface area (Å²) in [6.45, 7) is 13.9. The number of hydrogen-bond acceptors (Lipinski definition) is 2. The summed E-state index contributed by atoms with van der Waals surface area (Å²) in [7, 11) is 0. The SMILES string of the molecule is C=C(C)[C@H]1CC=C(CN2C[C@H](C)O[C@@H](C)C2)CC1. The minimum Gasteiger partial charge on any atom is -0.373 e. The van der Waals surface area contributed by atoms with Gasteiger partial charge in [-0.15, -0.1) is 0 Å². The number of allylic oxidation sites excluding steroid dienone is 2. The second-order valence-electron chi connectivity index (χ2n) is 6.13. The molecule has 0 unspecified atom stereocenters. The van der Waals surface area contributed by atoms with Gasteiger partial charge in [-0.2, -0.15) is 0 Å². The maximum atomic E-state index is 5.78. The molecule has 0 saturated carbocycles. The molecule has 0 spiro atoms. The molecular formula is C16H27NO. The molecule has 1 heterocycles. The van der Waals surface area contributed by atoms with Crippen LogP contribution in [-0.4, -0.2) is 36.7 Å². The molecule has 1 aliphatic heterocycles. The average molecular weight is 249 g/mol. The third-order valence-electron chi connectivity index (χ3n) is 4.12. The number of nitrogens with zero attached hydrogens (tertiary/aromatic N) is 1. The average Bonchev–Trinajstić information content (AvgIpc) is 2.28. The van der Waals surface area contributed by atoms with Gasteiger partial charge >= 0.3 is 0 Å². The van der Waals surface area contributed by atoms with Crippen molar-refractivity contribution in [2.75, 3.05) is 19.6 Å². The fourth-order valence-corrected chi connectivity index (χ4v) is 3.18. The quantitative estimate of drug-likeness (QED) is 0.711. The van der Waals surface area contributed by atoms with Crippen LogP contribution in [0.2, 0.25) is 0 Å². The van der Waals surface area contributed by atoms with Crippen LogP contribution in [0.3, 0.4) is 0 Å². The van der Waals surface area contributed by atoms with Crippen molar-refractivity contribution < 1.29 is 4.74 Å². The van der Waals surface area contributed by atoms with E-state index in [1.807, 2.05) is 0 Å². The fraction of sp³-hybridized carbons (Fsp3) is 0.750. The van der Waals surface area contributed by atoms with Gasteiger partial charge in [0.05, 0.1) is 12.2 Å². The van der Waals surface area contributed by atoms with E-state index in [4.69, 9.17) is 4.74 Å². The molecular weight excluding hydrogens is 222 g/mol. The molecule has 1 fully saturated rings. The first kappa shape index (κ1) is 13.8. The van der Waals surface area contributed by atoms with E-state index >= 15 is 0 Å². The first-order chi connectivity index (χ1) is 8.54. The van der Waals surface area contributed by atoms with Crippen LogP contribution < -0.4 is 0 Å². The molecule has 2 rings (SSSR count). The Hall–Kier alpha value is -0.600. The first-order valence-electron chi connectivity index (χ1n) is 7.25. The summed E-state index contributed by atoms with van der Waals surface area (Å²) in [5, 5.41) is 0. The lowest BCUT2D eigenvalue weighted by molar-refractivity contribution is -0.0655. The number of morpholine rings is 1. The van der Waals surface area contributed by atoms with Crippen molar-refractivity contribution in [3.63, 3.8) is 0 Å². The Morgan fingerprint density at radius 1 is 1.39 bits per heavy atom. The number of hydrogen-bond donors (Lipinski definition) is 0. The van der Waals surface area contributed by atoms with Crippen molar-refractivity contribution in [1.29, 1.82) is 0 Å². The molecule has 2 heteroatoms. The second kappa shape index (κ2) is 6.03. The standard InChI is InChI=1S/C16H27NO/c1-12(2)16-7-5-15(6-8-16)11-17-9-13(3)18-14(4)10-17/h5,13-14,16H,1,6-11H2,2-4H3/t13-,14-,16-/m0/s1. The summed E-state index contributed by atoms with van der Waals surface area (Å²) in [4.78, 5) is 2.55. The molecule has 0 N–H and O–H groups in total. The van der Waals surface area contributed by atoms with E-state index in [0.29, 0.717) is 12.2 Å². The van der Waals surface area contributed by atoms with Crippen LogP contribution in [0, 0.1) is 5.92 Å². The molecule has 2 aliphatic rings. The Labute approximate surface area is 112 Å². The molecule has 3 atom stereocenters. The van der Waals surface area contributed by atoms with E-state index in [-0.39, 0.29) is 0 Å².